The van der Waals surface area contributed by atoms with E-state index in [9.17, 15) is 14.4 Å². The fourth-order valence-electron chi connectivity index (χ4n) is 5.21. The normalized spacial score (nSPS) is 14.4. The van der Waals surface area contributed by atoms with Gasteiger partial charge in [0, 0.05) is 22.3 Å². The number of halogens is 1. The number of ether oxygens (including phenoxy) is 2. The maximum Gasteiger partial charge on any atom is 0.338 e. The molecule has 0 saturated heterocycles. The Labute approximate surface area is 272 Å². The second kappa shape index (κ2) is 13.0. The highest BCUT2D eigenvalue weighted by Crippen LogP contribution is 2.31. The van der Waals surface area contributed by atoms with Gasteiger partial charge >= 0.3 is 11.9 Å². The van der Waals surface area contributed by atoms with E-state index in [1.807, 2.05) is 48.7 Å². The maximum absolute atomic E-state index is 14.3. The van der Waals surface area contributed by atoms with E-state index in [1.54, 1.807) is 54.1 Å². The average molecular weight is 651 g/mol. The number of allylic oxidation sites excluding steroid dienone is 1. The number of para-hydroxylation sites is 1. The molecule has 1 atom stereocenters. The lowest BCUT2D eigenvalue weighted by Gasteiger charge is -2.24. The van der Waals surface area contributed by atoms with Crippen LogP contribution in [0.4, 0.5) is 0 Å². The first-order chi connectivity index (χ1) is 22.3. The molecule has 0 N–H and O–H groups in total. The van der Waals surface area contributed by atoms with Gasteiger partial charge in [0.15, 0.2) is 4.80 Å². The Bertz CT molecular complexity index is 2180. The number of aromatic nitrogens is 3. The van der Waals surface area contributed by atoms with Gasteiger partial charge in [-0.1, -0.05) is 78.1 Å². The molecule has 0 spiro atoms. The smallest absolute Gasteiger partial charge is 0.338 e. The Balaban J connectivity index is 1.53. The predicted octanol–water partition coefficient (Wildman–Crippen LogP) is 5.26. The molecule has 9 nitrogen and oxygen atoms in total. The van der Waals surface area contributed by atoms with Crippen LogP contribution < -0.4 is 14.9 Å². The van der Waals surface area contributed by atoms with Crippen LogP contribution in [0.1, 0.15) is 34.5 Å². The van der Waals surface area contributed by atoms with Crippen LogP contribution in [0.15, 0.2) is 119 Å². The molecule has 0 aliphatic carbocycles. The van der Waals surface area contributed by atoms with Crippen molar-refractivity contribution >= 4 is 41.0 Å². The zero-order valence-electron chi connectivity index (χ0n) is 24.8. The minimum atomic E-state index is -0.856. The first-order valence-corrected chi connectivity index (χ1v) is 15.4. The van der Waals surface area contributed by atoms with E-state index >= 15 is 0 Å². The Morgan fingerprint density at radius 3 is 2.41 bits per heavy atom. The van der Waals surface area contributed by atoms with E-state index in [4.69, 9.17) is 26.2 Å². The van der Waals surface area contributed by atoms with Gasteiger partial charge in [-0.2, -0.15) is 5.10 Å². The number of esters is 2. The Kier molecular flexibility index (Phi) is 8.65. The molecule has 2 aromatic heterocycles. The number of methoxy groups -OCH3 is 1. The molecule has 11 heteroatoms. The van der Waals surface area contributed by atoms with E-state index in [0.29, 0.717) is 42.4 Å². The van der Waals surface area contributed by atoms with Crippen molar-refractivity contribution in [1.82, 2.24) is 14.3 Å². The second-order valence-electron chi connectivity index (χ2n) is 10.3. The predicted molar refractivity (Wildman–Crippen MR) is 177 cm³/mol. The van der Waals surface area contributed by atoms with Gasteiger partial charge in [0.25, 0.3) is 5.56 Å². The summed E-state index contributed by atoms with van der Waals surface area (Å²) in [5.74, 6) is -1.12. The summed E-state index contributed by atoms with van der Waals surface area (Å²) in [4.78, 5) is 44.8. The van der Waals surface area contributed by atoms with Crippen molar-refractivity contribution in [3.63, 3.8) is 0 Å². The van der Waals surface area contributed by atoms with Gasteiger partial charge in [0.05, 0.1) is 40.2 Å². The molecule has 6 rings (SSSR count). The van der Waals surface area contributed by atoms with Gasteiger partial charge in [-0.05, 0) is 55.0 Å². The van der Waals surface area contributed by atoms with Crippen molar-refractivity contribution in [3.8, 4) is 16.9 Å². The van der Waals surface area contributed by atoms with Gasteiger partial charge in [-0.3, -0.25) is 9.36 Å². The molecular formula is C35H27ClN4O5S. The van der Waals surface area contributed by atoms with E-state index in [2.05, 4.69) is 11.6 Å². The maximum atomic E-state index is 14.3. The molecule has 3 heterocycles. The number of hydrogen-bond donors (Lipinski definition) is 0. The molecule has 0 amide bonds. The number of rotatable bonds is 8. The third-order valence-electron chi connectivity index (χ3n) is 7.39. The topological polar surface area (TPSA) is 105 Å². The Morgan fingerprint density at radius 2 is 1.74 bits per heavy atom. The van der Waals surface area contributed by atoms with E-state index in [0.717, 1.165) is 11.3 Å². The summed E-state index contributed by atoms with van der Waals surface area (Å²) in [6, 6.07) is 22.7. The zero-order chi connectivity index (χ0) is 32.4. The van der Waals surface area contributed by atoms with Crippen LogP contribution in [0, 0.1) is 0 Å². The van der Waals surface area contributed by atoms with Crippen molar-refractivity contribution in [1.29, 1.82) is 0 Å². The monoisotopic (exact) mass is 650 g/mol. The SMILES string of the molecule is C=CCOC(=O)C1=C(C)N=c2sc(=Cc3cn(-c4ccccc4)nc3-c3ccc(Cl)cc3)c(=O)n2C1c1ccc(C(=O)OC)cc1. The Morgan fingerprint density at radius 1 is 1.02 bits per heavy atom. The standard InChI is InChI=1S/C35H27ClN4O5S/c1-4-18-45-34(43)29-21(2)37-35-40(31(29)23-10-12-24(13-11-23)33(42)44-3)32(41)28(46-35)19-25-20-39(27-8-6-5-7-9-27)38-30(25)22-14-16-26(36)17-15-22/h4-17,19-20,31H,1,18H2,2-3H3. The van der Waals surface area contributed by atoms with Crippen LogP contribution >= 0.6 is 22.9 Å². The summed E-state index contributed by atoms with van der Waals surface area (Å²) >= 11 is 7.37. The summed E-state index contributed by atoms with van der Waals surface area (Å²) in [6.07, 6.45) is 5.12. The lowest BCUT2D eigenvalue weighted by molar-refractivity contribution is -0.138. The molecule has 3 aromatic carbocycles. The highest BCUT2D eigenvalue weighted by atomic mass is 35.5. The number of nitrogens with zero attached hydrogens (tertiary/aromatic N) is 4. The third-order valence-corrected chi connectivity index (χ3v) is 8.62. The van der Waals surface area contributed by atoms with Gasteiger partial charge in [0.1, 0.15) is 12.3 Å². The van der Waals surface area contributed by atoms with E-state index < -0.39 is 18.0 Å². The number of fused-ring (bicyclic) bond motifs is 1. The van der Waals surface area contributed by atoms with Crippen molar-refractivity contribution in [3.05, 3.63) is 150 Å². The molecule has 46 heavy (non-hydrogen) atoms. The van der Waals surface area contributed by atoms with Crippen LogP contribution in [-0.4, -0.2) is 40.0 Å². The van der Waals surface area contributed by atoms with Gasteiger partial charge in [0.2, 0.25) is 0 Å². The summed E-state index contributed by atoms with van der Waals surface area (Å²) in [7, 11) is 1.30. The van der Waals surface area contributed by atoms with Crippen LogP contribution in [0.5, 0.6) is 0 Å². The highest BCUT2D eigenvalue weighted by Gasteiger charge is 2.33. The molecule has 0 fully saturated rings. The molecule has 0 saturated carbocycles. The quantitative estimate of drug-likeness (QED) is 0.168. The minimum Gasteiger partial charge on any atom is -0.465 e. The highest BCUT2D eigenvalue weighted by molar-refractivity contribution is 7.07. The van der Waals surface area contributed by atoms with Crippen LogP contribution in [0.25, 0.3) is 23.0 Å². The number of thiazole rings is 1. The Hall–Kier alpha value is -5.32. The molecular weight excluding hydrogens is 624 g/mol. The second-order valence-corrected chi connectivity index (χ2v) is 11.7. The van der Waals surface area contributed by atoms with E-state index in [1.165, 1.54) is 29.1 Å². The average Bonchev–Trinajstić information content (AvgIpc) is 3.63. The molecule has 0 bridgehead atoms. The molecule has 1 aliphatic rings. The molecule has 0 radical (unpaired) electrons. The summed E-state index contributed by atoms with van der Waals surface area (Å²) in [5, 5.41) is 5.45. The fraction of sp³-hybridized carbons (Fsp3) is 0.114. The van der Waals surface area contributed by atoms with Crippen molar-refractivity contribution in [2.75, 3.05) is 13.7 Å². The summed E-state index contributed by atoms with van der Waals surface area (Å²) in [6.45, 7) is 5.33. The van der Waals surface area contributed by atoms with Gasteiger partial charge in [-0.25, -0.2) is 19.3 Å². The first-order valence-electron chi connectivity index (χ1n) is 14.2. The number of hydrogen-bond acceptors (Lipinski definition) is 8. The van der Waals surface area contributed by atoms with Crippen molar-refractivity contribution in [2.45, 2.75) is 13.0 Å². The fourth-order valence-corrected chi connectivity index (χ4v) is 6.37. The van der Waals surface area contributed by atoms with Crippen molar-refractivity contribution < 1.29 is 19.1 Å². The van der Waals surface area contributed by atoms with Crippen molar-refractivity contribution in [2.24, 2.45) is 4.99 Å². The van der Waals surface area contributed by atoms with Gasteiger partial charge < -0.3 is 9.47 Å². The molecule has 1 aliphatic heterocycles. The van der Waals surface area contributed by atoms with Crippen LogP contribution in [0.2, 0.25) is 5.02 Å². The third kappa shape index (κ3) is 5.88. The summed E-state index contributed by atoms with van der Waals surface area (Å²) in [5.41, 5.74) is 4.26. The molecule has 5 aromatic rings. The summed E-state index contributed by atoms with van der Waals surface area (Å²) < 4.78 is 13.9. The van der Waals surface area contributed by atoms with Gasteiger partial charge in [-0.15, -0.1) is 0 Å². The first kappa shape index (κ1) is 30.7. The van der Waals surface area contributed by atoms with Crippen LogP contribution in [0.3, 0.4) is 0 Å². The molecule has 1 unspecified atom stereocenters. The van der Waals surface area contributed by atoms with E-state index in [-0.39, 0.29) is 17.7 Å². The molecule has 230 valence electrons. The zero-order valence-corrected chi connectivity index (χ0v) is 26.4. The number of benzene rings is 3. The number of carbonyl (C=O) groups excluding carboxylic acids is 2. The lowest BCUT2D eigenvalue weighted by Crippen LogP contribution is -2.40. The minimum absolute atomic E-state index is 0.00703. The largest absolute Gasteiger partial charge is 0.465 e. The lowest BCUT2D eigenvalue weighted by atomic mass is 9.95. The number of carbonyl (C=O) groups is 2. The van der Waals surface area contributed by atoms with Crippen LogP contribution in [-0.2, 0) is 14.3 Å².